The Bertz CT molecular complexity index is 861. The Labute approximate surface area is 122 Å². The molecule has 0 aliphatic carbocycles. The van der Waals surface area contributed by atoms with E-state index in [0.717, 1.165) is 6.07 Å². The minimum absolute atomic E-state index is 0.0756. The van der Waals surface area contributed by atoms with Crippen molar-refractivity contribution in [2.24, 2.45) is 0 Å². The van der Waals surface area contributed by atoms with Gasteiger partial charge in [0.15, 0.2) is 22.7 Å². The third-order valence-corrected chi connectivity index (χ3v) is 3.54. The van der Waals surface area contributed by atoms with Crippen LogP contribution in [-0.4, -0.2) is 32.2 Å². The molecule has 0 saturated heterocycles. The molecule has 1 atom stereocenters. The first kappa shape index (κ1) is 14.4. The van der Waals surface area contributed by atoms with Gasteiger partial charge < -0.3 is 29.6 Å². The van der Waals surface area contributed by atoms with Gasteiger partial charge in [-0.2, -0.15) is 0 Å². The topological polar surface area (TPSA) is 137 Å². The maximum Gasteiger partial charge on any atom is 0.340 e. The van der Waals surface area contributed by atoms with E-state index < -0.39 is 34.2 Å². The first-order valence-corrected chi connectivity index (χ1v) is 6.34. The van der Waals surface area contributed by atoms with Crippen molar-refractivity contribution in [1.29, 1.82) is 0 Å². The quantitative estimate of drug-likeness (QED) is 0.564. The molecule has 4 N–H and O–H groups in total. The average molecular weight is 308 g/mol. The molecule has 2 aromatic rings. The Balaban J connectivity index is 2.42. The Morgan fingerprint density at radius 1 is 1.36 bits per heavy atom. The highest BCUT2D eigenvalue weighted by atomic mass is 16.6. The summed E-state index contributed by atoms with van der Waals surface area (Å²) in [6, 6.07) is 0.961. The molecular formula is C14H12O8. The lowest BCUT2D eigenvalue weighted by Gasteiger charge is -2.28. The number of hydrogen-bond donors (Lipinski definition) is 4. The van der Waals surface area contributed by atoms with Gasteiger partial charge in [0.05, 0.1) is 24.0 Å². The minimum atomic E-state index is -1.57. The number of aliphatic hydroxyl groups is 1. The monoisotopic (exact) mass is 308 g/mol. The minimum Gasteiger partial charge on any atom is -0.504 e. The summed E-state index contributed by atoms with van der Waals surface area (Å²) in [6.45, 7) is 1.15. The molecule has 1 aliphatic rings. The van der Waals surface area contributed by atoms with Crippen LogP contribution in [0.3, 0.4) is 0 Å². The molecule has 0 unspecified atom stereocenters. The maximum absolute atomic E-state index is 12.5. The molecule has 0 radical (unpaired) electrons. The van der Waals surface area contributed by atoms with Gasteiger partial charge in [0.1, 0.15) is 16.9 Å². The van der Waals surface area contributed by atoms with E-state index in [2.05, 4.69) is 0 Å². The van der Waals surface area contributed by atoms with Crippen LogP contribution in [0.4, 0.5) is 0 Å². The smallest absolute Gasteiger partial charge is 0.340 e. The van der Waals surface area contributed by atoms with Gasteiger partial charge in [0, 0.05) is 6.07 Å². The van der Waals surface area contributed by atoms with Crippen LogP contribution in [0.2, 0.25) is 0 Å². The number of aromatic carboxylic acids is 1. The number of benzene rings is 1. The average Bonchev–Trinajstić information content (AvgIpc) is 2.39. The molecule has 0 bridgehead atoms. The van der Waals surface area contributed by atoms with Crippen molar-refractivity contribution >= 4 is 16.9 Å². The maximum atomic E-state index is 12.5. The summed E-state index contributed by atoms with van der Waals surface area (Å²) in [5.74, 6) is -4.56. The van der Waals surface area contributed by atoms with Gasteiger partial charge in [0.25, 0.3) is 0 Å². The predicted octanol–water partition coefficient (Wildman–Crippen LogP) is 0.684. The zero-order valence-corrected chi connectivity index (χ0v) is 11.4. The second-order valence-corrected chi connectivity index (χ2v) is 5.27. The van der Waals surface area contributed by atoms with Crippen molar-refractivity contribution < 1.29 is 34.4 Å². The number of ether oxygens (including phenoxy) is 1. The zero-order chi connectivity index (χ0) is 16.2. The van der Waals surface area contributed by atoms with Crippen LogP contribution in [0.5, 0.6) is 11.5 Å². The number of fused-ring (bicyclic) bond motifs is 2. The van der Waals surface area contributed by atoms with Crippen LogP contribution in [0.25, 0.3) is 11.0 Å². The summed E-state index contributed by atoms with van der Waals surface area (Å²) in [4.78, 5) is 23.8. The Hall–Kier alpha value is -2.58. The Kier molecular flexibility index (Phi) is 2.91. The molecule has 1 aliphatic heterocycles. The summed E-state index contributed by atoms with van der Waals surface area (Å²) in [5.41, 5.74) is -1.52. The number of hydrogen-bond acceptors (Lipinski definition) is 7. The molecule has 3 rings (SSSR count). The Morgan fingerprint density at radius 3 is 2.68 bits per heavy atom. The molecule has 1 aromatic heterocycles. The third kappa shape index (κ3) is 2.00. The molecule has 116 valence electrons. The van der Waals surface area contributed by atoms with Crippen molar-refractivity contribution in [1.82, 2.24) is 0 Å². The fraction of sp³-hybridized carbons (Fsp3) is 0.286. The molecule has 8 heteroatoms. The van der Waals surface area contributed by atoms with Crippen LogP contribution in [0.1, 0.15) is 28.6 Å². The molecule has 0 saturated carbocycles. The number of phenolic OH excluding ortho intramolecular Hbond substituents is 1. The van der Waals surface area contributed by atoms with Gasteiger partial charge >= 0.3 is 5.97 Å². The van der Waals surface area contributed by atoms with Crippen LogP contribution < -0.4 is 5.43 Å². The van der Waals surface area contributed by atoms with Gasteiger partial charge in [-0.15, -0.1) is 0 Å². The number of aromatic hydroxyl groups is 2. The van der Waals surface area contributed by atoms with Crippen molar-refractivity contribution in [2.75, 3.05) is 0 Å². The third-order valence-electron chi connectivity index (χ3n) is 3.54. The summed E-state index contributed by atoms with van der Waals surface area (Å²) in [5, 5.41) is 38.0. The fourth-order valence-corrected chi connectivity index (χ4v) is 2.49. The SMILES string of the molecule is C[C@]1(O)Cc2oc3cc(O)c(O)c(C(=O)O)c3c(=O)c2CO1. The van der Waals surface area contributed by atoms with E-state index in [-0.39, 0.29) is 35.3 Å². The molecule has 1 aromatic carbocycles. The van der Waals surface area contributed by atoms with Crippen LogP contribution >= 0.6 is 0 Å². The molecule has 8 nitrogen and oxygen atoms in total. The zero-order valence-electron chi connectivity index (χ0n) is 11.4. The number of carboxylic acids is 1. The second-order valence-electron chi connectivity index (χ2n) is 5.27. The highest BCUT2D eigenvalue weighted by molar-refractivity contribution is 6.06. The van der Waals surface area contributed by atoms with E-state index in [4.69, 9.17) is 9.15 Å². The summed E-state index contributed by atoms with van der Waals surface area (Å²) < 4.78 is 10.6. The van der Waals surface area contributed by atoms with E-state index in [1.807, 2.05) is 0 Å². The molecule has 0 amide bonds. The molecular weight excluding hydrogens is 296 g/mol. The lowest BCUT2D eigenvalue weighted by molar-refractivity contribution is -0.207. The van der Waals surface area contributed by atoms with Crippen molar-refractivity contribution in [3.8, 4) is 11.5 Å². The van der Waals surface area contributed by atoms with E-state index in [9.17, 15) is 30.0 Å². The first-order valence-electron chi connectivity index (χ1n) is 6.34. The molecule has 2 heterocycles. The van der Waals surface area contributed by atoms with Crippen LogP contribution in [-0.2, 0) is 17.8 Å². The number of carbonyl (C=O) groups is 1. The van der Waals surface area contributed by atoms with E-state index in [1.165, 1.54) is 6.92 Å². The summed E-state index contributed by atoms with van der Waals surface area (Å²) >= 11 is 0. The van der Waals surface area contributed by atoms with Crippen molar-refractivity contribution in [3.05, 3.63) is 33.2 Å². The normalized spacial score (nSPS) is 20.8. The second kappa shape index (κ2) is 4.46. The number of phenols is 2. The standard InChI is InChI=1S/C14H12O8/c1-14(20)3-8-5(4-21-14)11(16)9-7(22-8)2-6(15)12(17)10(9)13(18)19/h2,15,17,20H,3-4H2,1H3,(H,18,19)/t14-/m1/s1. The van der Waals surface area contributed by atoms with Crippen molar-refractivity contribution in [3.63, 3.8) is 0 Å². The summed E-state index contributed by atoms with van der Waals surface area (Å²) in [7, 11) is 0. The van der Waals surface area contributed by atoms with Crippen LogP contribution in [0, 0.1) is 0 Å². The van der Waals surface area contributed by atoms with E-state index in [1.54, 1.807) is 0 Å². The Morgan fingerprint density at radius 2 is 2.05 bits per heavy atom. The van der Waals surface area contributed by atoms with Gasteiger partial charge in [-0.05, 0) is 6.92 Å². The largest absolute Gasteiger partial charge is 0.504 e. The van der Waals surface area contributed by atoms with Gasteiger partial charge in [-0.1, -0.05) is 0 Å². The predicted molar refractivity (Wildman–Crippen MR) is 71.9 cm³/mol. The first-order chi connectivity index (χ1) is 10.2. The van der Waals surface area contributed by atoms with E-state index >= 15 is 0 Å². The van der Waals surface area contributed by atoms with Gasteiger partial charge in [-0.25, -0.2) is 4.79 Å². The lowest BCUT2D eigenvalue weighted by Crippen LogP contribution is -2.37. The van der Waals surface area contributed by atoms with Crippen molar-refractivity contribution in [2.45, 2.75) is 25.7 Å². The highest BCUT2D eigenvalue weighted by Crippen LogP contribution is 2.36. The summed E-state index contributed by atoms with van der Waals surface area (Å²) in [6.07, 6.45) is -0.0996. The van der Waals surface area contributed by atoms with Crippen LogP contribution in [0.15, 0.2) is 15.3 Å². The van der Waals surface area contributed by atoms with Gasteiger partial charge in [0.2, 0.25) is 0 Å². The number of carboxylic acid groups (broad SMARTS) is 1. The van der Waals surface area contributed by atoms with E-state index in [0.29, 0.717) is 0 Å². The molecule has 0 spiro atoms. The molecule has 22 heavy (non-hydrogen) atoms. The fourth-order valence-electron chi connectivity index (χ4n) is 2.49. The highest BCUT2D eigenvalue weighted by Gasteiger charge is 2.33. The number of rotatable bonds is 1. The molecule has 0 fully saturated rings. The van der Waals surface area contributed by atoms with Gasteiger partial charge in [-0.3, -0.25) is 4.79 Å². The lowest BCUT2D eigenvalue weighted by atomic mass is 9.99.